The van der Waals surface area contributed by atoms with Gasteiger partial charge in [0.2, 0.25) is 0 Å². The molecule has 5 rings (SSSR count). The molecule has 0 aliphatic carbocycles. The summed E-state index contributed by atoms with van der Waals surface area (Å²) in [7, 11) is 0. The number of piperidine rings is 2. The molecule has 0 N–H and O–H groups in total. The number of benzene rings is 1. The highest BCUT2D eigenvalue weighted by Gasteiger charge is 2.63. The number of carbonyl (C=O) groups is 1. The van der Waals surface area contributed by atoms with Crippen molar-refractivity contribution in [3.63, 3.8) is 0 Å². The smallest absolute Gasteiger partial charge is 0.150 e. The molecular weight excluding hydrogens is 272 g/mol. The van der Waals surface area contributed by atoms with Crippen LogP contribution in [0.3, 0.4) is 0 Å². The maximum Gasteiger partial charge on any atom is 0.150 e. The van der Waals surface area contributed by atoms with Crippen molar-refractivity contribution in [2.45, 2.75) is 39.8 Å². The fourth-order valence-electron chi connectivity index (χ4n) is 5.41. The first-order valence-electron chi connectivity index (χ1n) is 8.58. The second-order valence-electron chi connectivity index (χ2n) is 7.96. The SMILES string of the molecule is CCCC12CN3CC(C)(CN(C1)C3c1ccccc1C)C2=O. The van der Waals surface area contributed by atoms with Crippen LogP contribution in [0, 0.1) is 17.8 Å². The molecule has 4 heterocycles. The molecule has 4 aliphatic heterocycles. The van der Waals surface area contributed by atoms with Gasteiger partial charge in [-0.3, -0.25) is 14.6 Å². The predicted octanol–water partition coefficient (Wildman–Crippen LogP) is 3.00. The Morgan fingerprint density at radius 1 is 1.14 bits per heavy atom. The Morgan fingerprint density at radius 2 is 1.77 bits per heavy atom. The van der Waals surface area contributed by atoms with Crippen LogP contribution in [-0.4, -0.2) is 41.8 Å². The summed E-state index contributed by atoms with van der Waals surface area (Å²) in [4.78, 5) is 18.2. The number of hydrogen-bond acceptors (Lipinski definition) is 3. The van der Waals surface area contributed by atoms with E-state index in [-0.39, 0.29) is 10.8 Å². The molecule has 2 atom stereocenters. The van der Waals surface area contributed by atoms with Crippen molar-refractivity contribution >= 4 is 5.78 Å². The molecule has 22 heavy (non-hydrogen) atoms. The van der Waals surface area contributed by atoms with Crippen molar-refractivity contribution in [2.24, 2.45) is 10.8 Å². The maximum atomic E-state index is 13.1. The normalized spacial score (nSPS) is 42.9. The van der Waals surface area contributed by atoms with Crippen LogP contribution >= 0.6 is 0 Å². The first-order valence-corrected chi connectivity index (χ1v) is 8.58. The molecule has 0 amide bonds. The minimum atomic E-state index is -0.162. The molecule has 3 heteroatoms. The molecule has 2 unspecified atom stereocenters. The lowest BCUT2D eigenvalue weighted by molar-refractivity contribution is -0.201. The Kier molecular flexibility index (Phi) is 3.05. The van der Waals surface area contributed by atoms with Crippen LogP contribution in [0.4, 0.5) is 0 Å². The Bertz CT molecular complexity index is 608. The van der Waals surface area contributed by atoms with Gasteiger partial charge in [-0.05, 0) is 24.5 Å². The molecule has 0 aromatic heterocycles. The van der Waals surface area contributed by atoms with Crippen LogP contribution in [0.1, 0.15) is 44.0 Å². The van der Waals surface area contributed by atoms with E-state index in [1.54, 1.807) is 0 Å². The van der Waals surface area contributed by atoms with Crippen LogP contribution in [-0.2, 0) is 4.79 Å². The van der Waals surface area contributed by atoms with E-state index >= 15 is 0 Å². The quantitative estimate of drug-likeness (QED) is 0.857. The summed E-state index contributed by atoms with van der Waals surface area (Å²) < 4.78 is 0. The van der Waals surface area contributed by atoms with Gasteiger partial charge in [0.1, 0.15) is 5.78 Å². The van der Waals surface area contributed by atoms with E-state index in [0.717, 1.165) is 39.0 Å². The molecule has 3 nitrogen and oxygen atoms in total. The van der Waals surface area contributed by atoms with E-state index in [2.05, 4.69) is 54.8 Å². The van der Waals surface area contributed by atoms with Crippen LogP contribution < -0.4 is 0 Å². The number of nitrogens with zero attached hydrogens (tertiary/aromatic N) is 2. The van der Waals surface area contributed by atoms with Gasteiger partial charge in [0.05, 0.1) is 17.0 Å². The van der Waals surface area contributed by atoms with E-state index in [9.17, 15) is 4.79 Å². The van der Waals surface area contributed by atoms with Crippen LogP contribution in [0.15, 0.2) is 24.3 Å². The zero-order valence-corrected chi connectivity index (χ0v) is 13.9. The second kappa shape index (κ2) is 4.65. The van der Waals surface area contributed by atoms with E-state index in [1.165, 1.54) is 11.1 Å². The third-order valence-corrected chi connectivity index (χ3v) is 6.03. The number of rotatable bonds is 3. The summed E-state index contributed by atoms with van der Waals surface area (Å²) in [5, 5.41) is 0. The lowest BCUT2D eigenvalue weighted by Gasteiger charge is -2.65. The maximum absolute atomic E-state index is 13.1. The number of ketones is 1. The lowest BCUT2D eigenvalue weighted by Crippen LogP contribution is -2.76. The molecule has 0 spiro atoms. The third kappa shape index (κ3) is 1.79. The average molecular weight is 298 g/mol. The Morgan fingerprint density at radius 3 is 2.36 bits per heavy atom. The van der Waals surface area contributed by atoms with Gasteiger partial charge in [-0.2, -0.15) is 0 Å². The van der Waals surface area contributed by atoms with Crippen molar-refractivity contribution < 1.29 is 4.79 Å². The number of carbonyl (C=O) groups excluding carboxylic acids is 1. The zero-order chi connectivity index (χ0) is 15.5. The van der Waals surface area contributed by atoms with Crippen LogP contribution in [0.2, 0.25) is 0 Å². The van der Waals surface area contributed by atoms with Gasteiger partial charge in [-0.15, -0.1) is 0 Å². The predicted molar refractivity (Wildman–Crippen MR) is 87.5 cm³/mol. The first-order chi connectivity index (χ1) is 10.5. The minimum Gasteiger partial charge on any atom is -0.298 e. The van der Waals surface area contributed by atoms with Gasteiger partial charge in [0.15, 0.2) is 0 Å². The van der Waals surface area contributed by atoms with E-state index < -0.39 is 0 Å². The minimum absolute atomic E-state index is 0.112. The number of Topliss-reactive ketones (excluding diaryl/α,β-unsaturated/α-hetero) is 1. The van der Waals surface area contributed by atoms with Gasteiger partial charge >= 0.3 is 0 Å². The zero-order valence-electron chi connectivity index (χ0n) is 13.9. The van der Waals surface area contributed by atoms with Gasteiger partial charge < -0.3 is 0 Å². The molecule has 1 aromatic rings. The highest BCUT2D eigenvalue weighted by atomic mass is 16.1. The molecule has 0 saturated carbocycles. The van der Waals surface area contributed by atoms with Crippen molar-refractivity contribution in [1.82, 2.24) is 9.80 Å². The fraction of sp³-hybridized carbons (Fsp3) is 0.632. The van der Waals surface area contributed by atoms with Gasteiger partial charge in [0.25, 0.3) is 0 Å². The number of hydrogen-bond donors (Lipinski definition) is 0. The van der Waals surface area contributed by atoms with Crippen molar-refractivity contribution in [1.29, 1.82) is 0 Å². The van der Waals surface area contributed by atoms with Crippen LogP contribution in [0.5, 0.6) is 0 Å². The summed E-state index contributed by atoms with van der Waals surface area (Å²) in [6, 6.07) is 8.73. The van der Waals surface area contributed by atoms with Crippen LogP contribution in [0.25, 0.3) is 0 Å². The second-order valence-corrected chi connectivity index (χ2v) is 7.96. The Hall–Kier alpha value is -1.19. The topological polar surface area (TPSA) is 23.6 Å². The van der Waals surface area contributed by atoms with Crippen molar-refractivity contribution in [3.8, 4) is 0 Å². The molecule has 1 aromatic carbocycles. The summed E-state index contributed by atoms with van der Waals surface area (Å²) in [6.45, 7) is 10.3. The van der Waals surface area contributed by atoms with Crippen molar-refractivity contribution in [3.05, 3.63) is 35.4 Å². The average Bonchev–Trinajstić information content (AvgIpc) is 2.45. The first kappa shape index (κ1) is 14.4. The molecule has 4 aliphatic rings. The highest BCUT2D eigenvalue weighted by molar-refractivity contribution is 5.93. The number of aryl methyl sites for hydroxylation is 1. The summed E-state index contributed by atoms with van der Waals surface area (Å²) in [5.74, 6) is 0.539. The Labute approximate surface area is 133 Å². The van der Waals surface area contributed by atoms with E-state index in [1.807, 2.05) is 0 Å². The highest BCUT2D eigenvalue weighted by Crippen LogP contribution is 2.53. The summed E-state index contributed by atoms with van der Waals surface area (Å²) in [6.07, 6.45) is 2.50. The molecule has 118 valence electrons. The van der Waals surface area contributed by atoms with Crippen molar-refractivity contribution in [2.75, 3.05) is 26.2 Å². The summed E-state index contributed by atoms with van der Waals surface area (Å²) in [5.41, 5.74) is 2.51. The van der Waals surface area contributed by atoms with E-state index in [0.29, 0.717) is 11.9 Å². The summed E-state index contributed by atoms with van der Waals surface area (Å²) >= 11 is 0. The molecule has 4 bridgehead atoms. The molecule has 4 saturated heterocycles. The lowest BCUT2D eigenvalue weighted by atomic mass is 9.59. The third-order valence-electron chi connectivity index (χ3n) is 6.03. The monoisotopic (exact) mass is 298 g/mol. The van der Waals surface area contributed by atoms with Gasteiger partial charge in [-0.1, -0.05) is 44.5 Å². The van der Waals surface area contributed by atoms with Gasteiger partial charge in [0, 0.05) is 26.2 Å². The molecular formula is C19H26N2O. The van der Waals surface area contributed by atoms with E-state index in [4.69, 9.17) is 0 Å². The fourth-order valence-corrected chi connectivity index (χ4v) is 5.41. The standard InChI is InChI=1S/C19H26N2O/c1-4-9-19-12-20-10-18(3,17(19)22)11-21(13-19)16(20)15-8-6-5-7-14(15)2/h5-8,16H,4,9-13H2,1-3H3. The molecule has 4 fully saturated rings. The largest absolute Gasteiger partial charge is 0.298 e. The molecule has 0 radical (unpaired) electrons. The Balaban J connectivity index is 1.75. The van der Waals surface area contributed by atoms with Gasteiger partial charge in [-0.25, -0.2) is 0 Å².